The number of nitrogens with zero attached hydrogens (tertiary/aromatic N) is 2. The quantitative estimate of drug-likeness (QED) is 0.414. The van der Waals surface area contributed by atoms with Gasteiger partial charge in [-0.3, -0.25) is 14.7 Å². The second-order valence-electron chi connectivity index (χ2n) is 10.5. The predicted octanol–water partition coefficient (Wildman–Crippen LogP) is 6.48. The maximum atomic E-state index is 13.5. The molecule has 6 heteroatoms. The fraction of sp³-hybridized carbons (Fsp3) is 0.500. The Labute approximate surface area is 214 Å². The number of amides is 1. The van der Waals surface area contributed by atoms with Crippen LogP contribution in [0.4, 0.5) is 0 Å². The summed E-state index contributed by atoms with van der Waals surface area (Å²) >= 11 is 0. The highest BCUT2D eigenvalue weighted by Gasteiger charge is 2.48. The number of rotatable bonds is 10. The van der Waals surface area contributed by atoms with E-state index in [0.717, 1.165) is 67.5 Å². The van der Waals surface area contributed by atoms with Crippen LogP contribution in [0.25, 0.3) is 11.1 Å². The second kappa shape index (κ2) is 11.3. The number of ether oxygens (including phenoxy) is 1. The number of hydrogen-bond acceptors (Lipinski definition) is 4. The minimum atomic E-state index is -0.965. The van der Waals surface area contributed by atoms with Crippen molar-refractivity contribution in [1.29, 1.82) is 0 Å². The zero-order valence-electron chi connectivity index (χ0n) is 21.7. The molecule has 192 valence electrons. The minimum Gasteiger partial charge on any atom is -0.478 e. The van der Waals surface area contributed by atoms with E-state index in [1.54, 1.807) is 6.07 Å². The molecule has 0 radical (unpaired) electrons. The maximum absolute atomic E-state index is 13.5. The van der Waals surface area contributed by atoms with Crippen molar-refractivity contribution in [2.75, 3.05) is 0 Å². The van der Waals surface area contributed by atoms with Gasteiger partial charge in [-0.15, -0.1) is 0 Å². The molecule has 1 unspecified atom stereocenters. The molecule has 2 aromatic carbocycles. The van der Waals surface area contributed by atoms with Crippen molar-refractivity contribution in [1.82, 2.24) is 4.90 Å². The van der Waals surface area contributed by atoms with Crippen molar-refractivity contribution >= 4 is 17.7 Å². The topological polar surface area (TPSA) is 79.2 Å². The Hall–Kier alpha value is -3.15. The highest BCUT2D eigenvalue weighted by Crippen LogP contribution is 2.39. The molecular weight excluding hydrogens is 452 g/mol. The molecule has 1 saturated carbocycles. The van der Waals surface area contributed by atoms with Gasteiger partial charge in [0.2, 0.25) is 0 Å². The van der Waals surface area contributed by atoms with Gasteiger partial charge in [0.25, 0.3) is 5.91 Å². The molecule has 1 heterocycles. The van der Waals surface area contributed by atoms with Gasteiger partial charge in [0.1, 0.15) is 17.1 Å². The smallest absolute Gasteiger partial charge is 0.345 e. The Balaban J connectivity index is 1.49. The van der Waals surface area contributed by atoms with Crippen molar-refractivity contribution in [3.63, 3.8) is 0 Å². The van der Waals surface area contributed by atoms with Gasteiger partial charge < -0.3 is 9.84 Å². The van der Waals surface area contributed by atoms with Crippen LogP contribution in [0.2, 0.25) is 0 Å². The fourth-order valence-corrected chi connectivity index (χ4v) is 5.23. The lowest BCUT2D eigenvalue weighted by atomic mass is 9.82. The molecule has 2 aliphatic rings. The van der Waals surface area contributed by atoms with Crippen LogP contribution in [-0.4, -0.2) is 39.4 Å². The number of unbranched alkanes of at least 4 members (excludes halogenated alkanes) is 1. The number of aliphatic carboxylic acids is 1. The second-order valence-corrected chi connectivity index (χ2v) is 10.5. The summed E-state index contributed by atoms with van der Waals surface area (Å²) in [6.45, 7) is 6.38. The summed E-state index contributed by atoms with van der Waals surface area (Å²) in [5.41, 5.74) is 2.51. The summed E-state index contributed by atoms with van der Waals surface area (Å²) in [7, 11) is 0. The summed E-state index contributed by atoms with van der Waals surface area (Å²) in [4.78, 5) is 32.0. The van der Waals surface area contributed by atoms with Crippen LogP contribution in [0, 0.1) is 5.92 Å². The Kier molecular flexibility index (Phi) is 8.12. The van der Waals surface area contributed by atoms with Gasteiger partial charge >= 0.3 is 5.97 Å². The third-order valence-electron chi connectivity index (χ3n) is 7.31. The monoisotopic (exact) mass is 490 g/mol. The lowest BCUT2D eigenvalue weighted by Crippen LogP contribution is -2.43. The van der Waals surface area contributed by atoms with E-state index in [0.29, 0.717) is 12.3 Å². The molecule has 6 nitrogen and oxygen atoms in total. The van der Waals surface area contributed by atoms with E-state index in [-0.39, 0.29) is 11.8 Å². The molecule has 1 N–H and O–H groups in total. The van der Waals surface area contributed by atoms with Crippen LogP contribution < -0.4 is 4.74 Å². The Bertz CT molecular complexity index is 1100. The summed E-state index contributed by atoms with van der Waals surface area (Å²) in [6, 6.07) is 15.7. The number of carboxylic acids is 1. The summed E-state index contributed by atoms with van der Waals surface area (Å²) in [6.07, 6.45) is 7.16. The Morgan fingerprint density at radius 2 is 1.81 bits per heavy atom. The number of aliphatic imine (C=N–C) groups is 1. The van der Waals surface area contributed by atoms with Crippen LogP contribution >= 0.6 is 0 Å². The van der Waals surface area contributed by atoms with Gasteiger partial charge in [0, 0.05) is 12.3 Å². The number of carboxylic acid groups (broad SMARTS) is 1. The van der Waals surface area contributed by atoms with E-state index in [4.69, 9.17) is 9.73 Å². The van der Waals surface area contributed by atoms with Gasteiger partial charge in [0.15, 0.2) is 6.10 Å². The summed E-state index contributed by atoms with van der Waals surface area (Å²) in [5.74, 6) is 0.566. The van der Waals surface area contributed by atoms with E-state index in [9.17, 15) is 14.7 Å². The van der Waals surface area contributed by atoms with Crippen molar-refractivity contribution in [3.05, 3.63) is 54.1 Å². The predicted molar refractivity (Wildman–Crippen MR) is 142 cm³/mol. The highest BCUT2D eigenvalue weighted by atomic mass is 16.5. The molecule has 0 aromatic heterocycles. The van der Waals surface area contributed by atoms with E-state index in [2.05, 4.69) is 19.1 Å². The maximum Gasteiger partial charge on any atom is 0.345 e. The first kappa shape index (κ1) is 25.9. The van der Waals surface area contributed by atoms with Crippen molar-refractivity contribution in [3.8, 4) is 16.9 Å². The molecule has 2 aromatic rings. The van der Waals surface area contributed by atoms with E-state index >= 15 is 0 Å². The van der Waals surface area contributed by atoms with Gasteiger partial charge in [0.05, 0.1) is 6.54 Å². The molecule has 1 atom stereocenters. The SMILES string of the molecule is CCCCC1=NC2(CCCCC2)C(=O)N1Cc1ccc(-c2cccc(OC(C(=O)O)C(C)C)c2)cc1. The largest absolute Gasteiger partial charge is 0.478 e. The normalized spacial score (nSPS) is 17.9. The number of benzene rings is 2. The van der Waals surface area contributed by atoms with Crippen molar-refractivity contribution in [2.24, 2.45) is 10.9 Å². The van der Waals surface area contributed by atoms with E-state index in [1.165, 1.54) is 6.42 Å². The van der Waals surface area contributed by atoms with Gasteiger partial charge in [-0.25, -0.2) is 4.79 Å². The lowest BCUT2D eigenvalue weighted by Gasteiger charge is -2.29. The van der Waals surface area contributed by atoms with Crippen LogP contribution in [-0.2, 0) is 16.1 Å². The van der Waals surface area contributed by atoms with E-state index < -0.39 is 17.6 Å². The molecule has 1 spiro atoms. The van der Waals surface area contributed by atoms with Gasteiger partial charge in [-0.1, -0.05) is 82.9 Å². The average molecular weight is 491 g/mol. The van der Waals surface area contributed by atoms with Crippen LogP contribution in [0.1, 0.15) is 77.7 Å². The van der Waals surface area contributed by atoms with Gasteiger partial charge in [-0.2, -0.15) is 0 Å². The molecule has 36 heavy (non-hydrogen) atoms. The van der Waals surface area contributed by atoms with Crippen molar-refractivity contribution in [2.45, 2.75) is 90.3 Å². The standard InChI is InChI=1S/C30H38N2O4/c1-4-5-12-26-31-30(17-7-6-8-18-30)29(35)32(26)20-22-13-15-23(16-14-22)24-10-9-11-25(19-24)36-27(21(2)3)28(33)34/h9-11,13-16,19,21,27H,4-8,12,17-18,20H2,1-3H3,(H,33,34). The third-order valence-corrected chi connectivity index (χ3v) is 7.31. The first-order chi connectivity index (χ1) is 17.3. The zero-order chi connectivity index (χ0) is 25.7. The lowest BCUT2D eigenvalue weighted by molar-refractivity contribution is -0.147. The molecule has 1 amide bonds. The number of carbonyl (C=O) groups is 2. The number of carbonyl (C=O) groups excluding carboxylic acids is 1. The molecule has 0 saturated heterocycles. The molecule has 4 rings (SSSR count). The Morgan fingerprint density at radius 1 is 1.08 bits per heavy atom. The Morgan fingerprint density at radius 3 is 2.44 bits per heavy atom. The third kappa shape index (κ3) is 5.63. The summed E-state index contributed by atoms with van der Waals surface area (Å²) in [5, 5.41) is 9.44. The summed E-state index contributed by atoms with van der Waals surface area (Å²) < 4.78 is 5.77. The molecule has 1 fully saturated rings. The molecule has 1 aliphatic carbocycles. The fourth-order valence-electron chi connectivity index (χ4n) is 5.23. The first-order valence-corrected chi connectivity index (χ1v) is 13.3. The number of hydrogen-bond donors (Lipinski definition) is 1. The van der Waals surface area contributed by atoms with E-state index in [1.807, 2.05) is 49.1 Å². The molecular formula is C30H38N2O4. The van der Waals surface area contributed by atoms with Crippen LogP contribution in [0.3, 0.4) is 0 Å². The van der Waals surface area contributed by atoms with Crippen molar-refractivity contribution < 1.29 is 19.4 Å². The minimum absolute atomic E-state index is 0.141. The molecule has 0 bridgehead atoms. The highest BCUT2D eigenvalue weighted by molar-refractivity contribution is 6.08. The number of amidine groups is 1. The van der Waals surface area contributed by atoms with Gasteiger partial charge in [-0.05, 0) is 48.1 Å². The van der Waals surface area contributed by atoms with Crippen LogP contribution in [0.5, 0.6) is 5.75 Å². The molecule has 1 aliphatic heterocycles. The zero-order valence-corrected chi connectivity index (χ0v) is 21.7. The first-order valence-electron chi connectivity index (χ1n) is 13.3. The van der Waals surface area contributed by atoms with Crippen LogP contribution in [0.15, 0.2) is 53.5 Å². The average Bonchev–Trinajstić information content (AvgIpc) is 3.12.